The first-order chi connectivity index (χ1) is 6.86. The van der Waals surface area contributed by atoms with Crippen LogP contribution in [0.2, 0.25) is 0 Å². The molecule has 2 aromatic rings. The molecule has 0 atom stereocenters. The van der Waals surface area contributed by atoms with E-state index in [1.54, 1.807) is 6.07 Å². The summed E-state index contributed by atoms with van der Waals surface area (Å²) in [6, 6.07) is 11.4. The van der Waals surface area contributed by atoms with Crippen molar-refractivity contribution in [3.05, 3.63) is 42.0 Å². The summed E-state index contributed by atoms with van der Waals surface area (Å²) in [6.07, 6.45) is 0.793. The van der Waals surface area contributed by atoms with Gasteiger partial charge in [-0.3, -0.25) is 10.6 Å². The van der Waals surface area contributed by atoms with Gasteiger partial charge in [-0.15, -0.1) is 0 Å². The van der Waals surface area contributed by atoms with E-state index in [0.29, 0.717) is 11.3 Å². The van der Waals surface area contributed by atoms with E-state index < -0.39 is 0 Å². The lowest BCUT2D eigenvalue weighted by Gasteiger charge is -2.07. The van der Waals surface area contributed by atoms with Crippen LogP contribution in [0.1, 0.15) is 10.4 Å². The second-order valence-electron chi connectivity index (χ2n) is 3.01. The topological polar surface area (TPSA) is 55.1 Å². The molecule has 0 bridgehead atoms. The van der Waals surface area contributed by atoms with E-state index in [1.807, 2.05) is 30.3 Å². The van der Waals surface area contributed by atoms with Crippen LogP contribution in [-0.2, 0) is 0 Å². The van der Waals surface area contributed by atoms with Crippen molar-refractivity contribution in [1.29, 1.82) is 0 Å². The summed E-state index contributed by atoms with van der Waals surface area (Å²) in [6.45, 7) is 0. The molecule has 0 aliphatic carbocycles. The van der Waals surface area contributed by atoms with E-state index in [4.69, 9.17) is 5.84 Å². The van der Waals surface area contributed by atoms with Crippen LogP contribution in [0.5, 0.6) is 0 Å². The predicted octanol–water partition coefficient (Wildman–Crippen LogP) is 1.94. The number of hydrogen-bond donors (Lipinski definition) is 2. The van der Waals surface area contributed by atoms with Crippen molar-refractivity contribution >= 4 is 22.7 Å². The molecule has 2 rings (SSSR count). The molecule has 0 aromatic heterocycles. The quantitative estimate of drug-likeness (QED) is 0.428. The van der Waals surface area contributed by atoms with Crippen LogP contribution in [0, 0.1) is 0 Å². The number of fused-ring (bicyclic) bond motifs is 1. The van der Waals surface area contributed by atoms with Gasteiger partial charge in [-0.05, 0) is 11.5 Å². The highest BCUT2D eigenvalue weighted by Crippen LogP contribution is 2.25. The van der Waals surface area contributed by atoms with Crippen LogP contribution >= 0.6 is 0 Å². The number of carbonyl (C=O) groups is 1. The van der Waals surface area contributed by atoms with Gasteiger partial charge in [-0.25, -0.2) is 0 Å². The summed E-state index contributed by atoms with van der Waals surface area (Å²) in [5.41, 5.74) is 3.81. The molecule has 0 saturated carbocycles. The third-order valence-electron chi connectivity index (χ3n) is 2.23. The molecule has 0 heterocycles. The molecule has 2 aromatic carbocycles. The Balaban J connectivity index is 2.83. The minimum absolute atomic E-state index is 0.575. The Kier molecular flexibility index (Phi) is 2.16. The summed E-state index contributed by atoms with van der Waals surface area (Å²) in [5.74, 6) is 5.38. The zero-order chi connectivity index (χ0) is 9.97. The minimum Gasteiger partial charge on any atom is -0.323 e. The number of rotatable bonds is 2. The van der Waals surface area contributed by atoms with Gasteiger partial charge in [-0.1, -0.05) is 30.3 Å². The lowest BCUT2D eigenvalue weighted by atomic mass is 10.1. The SMILES string of the molecule is NNc1c(C=O)ccc2ccccc12. The minimum atomic E-state index is 0.575. The van der Waals surface area contributed by atoms with Crippen LogP contribution in [0.3, 0.4) is 0 Å². The second kappa shape index (κ2) is 3.47. The van der Waals surface area contributed by atoms with Crippen molar-refractivity contribution in [3.63, 3.8) is 0 Å². The molecule has 0 radical (unpaired) electrons. The maximum atomic E-state index is 10.7. The van der Waals surface area contributed by atoms with Gasteiger partial charge in [0.1, 0.15) is 0 Å². The Labute approximate surface area is 81.5 Å². The highest BCUT2D eigenvalue weighted by molar-refractivity contribution is 6.01. The van der Waals surface area contributed by atoms with Crippen LogP contribution in [0.4, 0.5) is 5.69 Å². The van der Waals surface area contributed by atoms with Crippen molar-refractivity contribution < 1.29 is 4.79 Å². The molecule has 14 heavy (non-hydrogen) atoms. The van der Waals surface area contributed by atoms with Crippen LogP contribution in [0.15, 0.2) is 36.4 Å². The molecule has 0 fully saturated rings. The Morgan fingerprint density at radius 1 is 1.14 bits per heavy atom. The summed E-state index contributed by atoms with van der Waals surface area (Å²) in [4.78, 5) is 10.7. The van der Waals surface area contributed by atoms with E-state index >= 15 is 0 Å². The molecule has 3 heteroatoms. The maximum absolute atomic E-state index is 10.7. The average Bonchev–Trinajstić information content (AvgIpc) is 2.27. The molecule has 0 aliphatic heterocycles. The number of anilines is 1. The van der Waals surface area contributed by atoms with E-state index in [1.165, 1.54) is 0 Å². The fourth-order valence-electron chi connectivity index (χ4n) is 1.55. The average molecular weight is 186 g/mol. The number of nitrogen functional groups attached to an aromatic ring is 1. The smallest absolute Gasteiger partial charge is 0.152 e. The summed E-state index contributed by atoms with van der Waals surface area (Å²) in [7, 11) is 0. The normalized spacial score (nSPS) is 10.1. The molecule has 0 amide bonds. The summed E-state index contributed by atoms with van der Waals surface area (Å²) >= 11 is 0. The van der Waals surface area contributed by atoms with Gasteiger partial charge >= 0.3 is 0 Å². The van der Waals surface area contributed by atoms with E-state index in [9.17, 15) is 4.79 Å². The lowest BCUT2D eigenvalue weighted by Crippen LogP contribution is -2.09. The summed E-state index contributed by atoms with van der Waals surface area (Å²) in [5, 5.41) is 2.02. The van der Waals surface area contributed by atoms with Crippen molar-refractivity contribution in [2.45, 2.75) is 0 Å². The molecular weight excluding hydrogens is 176 g/mol. The molecule has 0 unspecified atom stereocenters. The molecule has 3 nitrogen and oxygen atoms in total. The number of aldehydes is 1. The number of nitrogens with two attached hydrogens (primary N) is 1. The molecular formula is C11H10N2O. The highest BCUT2D eigenvalue weighted by atomic mass is 16.1. The molecule has 3 N–H and O–H groups in total. The molecule has 0 spiro atoms. The van der Waals surface area contributed by atoms with Gasteiger partial charge in [0.2, 0.25) is 0 Å². The Bertz CT molecular complexity index is 480. The fourth-order valence-corrected chi connectivity index (χ4v) is 1.55. The summed E-state index contributed by atoms with van der Waals surface area (Å²) < 4.78 is 0. The van der Waals surface area contributed by atoms with E-state index in [-0.39, 0.29) is 0 Å². The van der Waals surface area contributed by atoms with Crippen molar-refractivity contribution in [2.24, 2.45) is 5.84 Å². The molecule has 0 aliphatic rings. The third kappa shape index (κ3) is 1.24. The number of carbonyl (C=O) groups excluding carboxylic acids is 1. The van der Waals surface area contributed by atoms with Crippen LogP contribution < -0.4 is 11.3 Å². The van der Waals surface area contributed by atoms with E-state index in [2.05, 4.69) is 5.43 Å². The van der Waals surface area contributed by atoms with Gasteiger partial charge in [0.25, 0.3) is 0 Å². The predicted molar refractivity (Wildman–Crippen MR) is 57.1 cm³/mol. The van der Waals surface area contributed by atoms with Crippen molar-refractivity contribution in [1.82, 2.24) is 0 Å². The van der Waals surface area contributed by atoms with Crippen molar-refractivity contribution in [3.8, 4) is 0 Å². The zero-order valence-electron chi connectivity index (χ0n) is 7.53. The molecule has 0 saturated heterocycles. The van der Waals surface area contributed by atoms with Gasteiger partial charge in [0, 0.05) is 10.9 Å². The fraction of sp³-hybridized carbons (Fsp3) is 0. The standard InChI is InChI=1S/C11H10N2O/c12-13-11-9(7-14)6-5-8-3-1-2-4-10(8)11/h1-7,13H,12H2. The van der Waals surface area contributed by atoms with Crippen LogP contribution in [-0.4, -0.2) is 6.29 Å². The number of nitrogens with one attached hydrogen (secondary N) is 1. The van der Waals surface area contributed by atoms with Gasteiger partial charge < -0.3 is 5.43 Å². The number of benzene rings is 2. The zero-order valence-corrected chi connectivity index (χ0v) is 7.53. The number of hydrazine groups is 1. The monoisotopic (exact) mass is 186 g/mol. The molecule has 70 valence electrons. The first-order valence-corrected chi connectivity index (χ1v) is 4.30. The Morgan fingerprint density at radius 3 is 2.64 bits per heavy atom. The Morgan fingerprint density at radius 2 is 1.93 bits per heavy atom. The van der Waals surface area contributed by atoms with E-state index in [0.717, 1.165) is 17.1 Å². The Hall–Kier alpha value is -1.87. The first kappa shape index (κ1) is 8.72. The van der Waals surface area contributed by atoms with Gasteiger partial charge in [0.15, 0.2) is 6.29 Å². The first-order valence-electron chi connectivity index (χ1n) is 4.30. The van der Waals surface area contributed by atoms with Gasteiger partial charge in [0.05, 0.1) is 5.69 Å². The lowest BCUT2D eigenvalue weighted by molar-refractivity contribution is 0.112. The third-order valence-corrected chi connectivity index (χ3v) is 2.23. The highest BCUT2D eigenvalue weighted by Gasteiger charge is 2.04. The van der Waals surface area contributed by atoms with Crippen molar-refractivity contribution in [2.75, 3.05) is 5.43 Å². The maximum Gasteiger partial charge on any atom is 0.152 e. The number of hydrogen-bond acceptors (Lipinski definition) is 3. The second-order valence-corrected chi connectivity index (χ2v) is 3.01. The largest absolute Gasteiger partial charge is 0.323 e. The van der Waals surface area contributed by atoms with Crippen LogP contribution in [0.25, 0.3) is 10.8 Å². The van der Waals surface area contributed by atoms with Gasteiger partial charge in [-0.2, -0.15) is 0 Å².